The summed E-state index contributed by atoms with van der Waals surface area (Å²) in [6.45, 7) is 3.12. The molecular weight excluding hydrogens is 422 g/mol. The zero-order chi connectivity index (χ0) is 22.7. The summed E-state index contributed by atoms with van der Waals surface area (Å²) in [6.07, 6.45) is 4.94. The van der Waals surface area contributed by atoms with Crippen LogP contribution in [-0.4, -0.2) is 47.1 Å². The molecule has 1 aliphatic carbocycles. The van der Waals surface area contributed by atoms with Crippen LogP contribution in [0.5, 0.6) is 0 Å². The van der Waals surface area contributed by atoms with Crippen molar-refractivity contribution >= 4 is 45.9 Å². The molecule has 10 heteroatoms. The lowest BCUT2D eigenvalue weighted by Gasteiger charge is -2.26. The molecule has 4 amide bonds. The number of primary amides is 1. The highest BCUT2D eigenvalue weighted by molar-refractivity contribution is 7.14. The fraction of sp³-hybridized carbons (Fsp3) is 0.476. The summed E-state index contributed by atoms with van der Waals surface area (Å²) >= 11 is 1.11. The molecule has 9 nitrogen and oxygen atoms in total. The molecule has 1 aliphatic heterocycles. The maximum absolute atomic E-state index is 12.9. The lowest BCUT2D eigenvalue weighted by molar-refractivity contribution is -0.160. The number of thiophene rings is 1. The maximum Gasteiger partial charge on any atom is 0.329 e. The highest BCUT2D eigenvalue weighted by Gasteiger charge is 2.51. The van der Waals surface area contributed by atoms with E-state index in [-0.39, 0.29) is 34.7 Å². The lowest BCUT2D eigenvalue weighted by atomic mass is 9.85. The fourth-order valence-corrected chi connectivity index (χ4v) is 4.69. The number of fused-ring (bicyclic) bond motifs is 1. The number of imide groups is 1. The van der Waals surface area contributed by atoms with Crippen LogP contribution in [0.3, 0.4) is 0 Å². The van der Waals surface area contributed by atoms with Gasteiger partial charge in [-0.25, -0.2) is 4.79 Å². The Hall–Kier alpha value is -3.01. The first-order valence-electron chi connectivity index (χ1n) is 10.1. The van der Waals surface area contributed by atoms with Gasteiger partial charge in [0.1, 0.15) is 11.0 Å². The van der Waals surface area contributed by atoms with Crippen LogP contribution in [0, 0.1) is 17.8 Å². The van der Waals surface area contributed by atoms with E-state index < -0.39 is 42.3 Å². The van der Waals surface area contributed by atoms with E-state index in [4.69, 9.17) is 10.5 Å². The minimum Gasteiger partial charge on any atom is -0.454 e. The number of rotatable bonds is 8. The maximum atomic E-state index is 12.9. The van der Waals surface area contributed by atoms with Gasteiger partial charge in [-0.3, -0.25) is 24.1 Å². The van der Waals surface area contributed by atoms with E-state index in [0.717, 1.165) is 16.2 Å². The van der Waals surface area contributed by atoms with Gasteiger partial charge in [-0.05, 0) is 36.6 Å². The van der Waals surface area contributed by atoms with Gasteiger partial charge in [-0.2, -0.15) is 0 Å². The van der Waals surface area contributed by atoms with E-state index in [1.807, 2.05) is 26.0 Å². The van der Waals surface area contributed by atoms with E-state index in [2.05, 4.69) is 5.32 Å². The van der Waals surface area contributed by atoms with E-state index in [0.29, 0.717) is 12.8 Å². The van der Waals surface area contributed by atoms with Crippen molar-refractivity contribution in [2.24, 2.45) is 23.5 Å². The molecule has 0 unspecified atom stereocenters. The predicted octanol–water partition coefficient (Wildman–Crippen LogP) is 1.69. The van der Waals surface area contributed by atoms with E-state index >= 15 is 0 Å². The third kappa shape index (κ3) is 4.84. The van der Waals surface area contributed by atoms with Gasteiger partial charge in [-0.1, -0.05) is 26.0 Å². The van der Waals surface area contributed by atoms with Crippen LogP contribution in [0.2, 0.25) is 0 Å². The highest BCUT2D eigenvalue weighted by Crippen LogP contribution is 2.37. The normalized spacial score (nSPS) is 21.2. The van der Waals surface area contributed by atoms with Gasteiger partial charge in [0.25, 0.3) is 11.8 Å². The Morgan fingerprint density at radius 3 is 2.35 bits per heavy atom. The summed E-state index contributed by atoms with van der Waals surface area (Å²) in [5, 5.41) is 4.34. The Bertz CT molecular complexity index is 911. The number of carbonyl (C=O) groups excluding carboxylic acids is 5. The summed E-state index contributed by atoms with van der Waals surface area (Å²) in [5.74, 6) is -3.77. The van der Waals surface area contributed by atoms with Crippen LogP contribution >= 0.6 is 11.3 Å². The average molecular weight is 448 g/mol. The third-order valence-electron chi connectivity index (χ3n) is 5.35. The van der Waals surface area contributed by atoms with Crippen molar-refractivity contribution < 1.29 is 28.7 Å². The number of nitrogens with two attached hydrogens (primary N) is 1. The number of hydrogen-bond acceptors (Lipinski definition) is 7. The van der Waals surface area contributed by atoms with E-state index in [1.54, 1.807) is 5.38 Å². The molecule has 166 valence electrons. The first-order valence-corrected chi connectivity index (χ1v) is 10.9. The van der Waals surface area contributed by atoms with Crippen molar-refractivity contribution in [2.75, 3.05) is 11.9 Å². The van der Waals surface area contributed by atoms with Gasteiger partial charge in [0.2, 0.25) is 11.8 Å². The second-order valence-electron chi connectivity index (χ2n) is 8.03. The average Bonchev–Trinajstić information content (AvgIpc) is 3.28. The second-order valence-corrected chi connectivity index (χ2v) is 8.95. The number of amides is 4. The minimum atomic E-state index is -1.08. The molecule has 3 rings (SSSR count). The van der Waals surface area contributed by atoms with E-state index in [9.17, 15) is 24.0 Å². The molecule has 3 N–H and O–H groups in total. The Morgan fingerprint density at radius 1 is 1.19 bits per heavy atom. The van der Waals surface area contributed by atoms with Crippen molar-refractivity contribution in [3.05, 3.63) is 29.2 Å². The van der Waals surface area contributed by atoms with Crippen LogP contribution in [0.1, 0.15) is 43.5 Å². The van der Waals surface area contributed by atoms with Crippen molar-refractivity contribution in [1.82, 2.24) is 4.90 Å². The van der Waals surface area contributed by atoms with Crippen molar-refractivity contribution in [1.29, 1.82) is 0 Å². The third-order valence-corrected chi connectivity index (χ3v) is 6.18. The molecular formula is C21H25N3O6S. The van der Waals surface area contributed by atoms with Crippen LogP contribution in [0.25, 0.3) is 0 Å². The predicted molar refractivity (Wildman–Crippen MR) is 113 cm³/mol. The van der Waals surface area contributed by atoms with Crippen molar-refractivity contribution in [2.45, 2.75) is 39.2 Å². The molecule has 3 atom stereocenters. The van der Waals surface area contributed by atoms with Crippen molar-refractivity contribution in [3.63, 3.8) is 0 Å². The second kappa shape index (κ2) is 9.42. The molecule has 2 aliphatic rings. The molecule has 1 aromatic rings. The number of nitrogens with one attached hydrogen (secondary N) is 1. The number of likely N-dealkylation sites (tertiary alicyclic amines) is 1. The Balaban J connectivity index is 1.67. The summed E-state index contributed by atoms with van der Waals surface area (Å²) in [4.78, 5) is 63.1. The molecule has 2 heterocycles. The standard InChI is InChI=1S/C21H25N3O6S/c1-11(2)9-15(24-19(27)12-5-3-4-6-13(12)20(24)28)21(29)30-10-16(25)23-18-14(17(22)26)7-8-31-18/h3-4,7-8,11-13,15H,5-6,9-10H2,1-2H3,(H2,22,26)(H,23,25)/t12-,13+,15-/m0/s1. The molecule has 0 radical (unpaired) electrons. The topological polar surface area (TPSA) is 136 Å². The number of anilines is 1. The number of allylic oxidation sites excluding steroid dienone is 2. The summed E-state index contributed by atoms with van der Waals surface area (Å²) in [5.41, 5.74) is 5.40. The van der Waals surface area contributed by atoms with Crippen LogP contribution < -0.4 is 11.1 Å². The number of nitrogens with zero attached hydrogens (tertiary/aromatic N) is 1. The number of ether oxygens (including phenoxy) is 1. The molecule has 1 aromatic heterocycles. The van der Waals surface area contributed by atoms with Gasteiger partial charge in [0, 0.05) is 0 Å². The first-order chi connectivity index (χ1) is 14.7. The van der Waals surface area contributed by atoms with Crippen molar-refractivity contribution in [3.8, 4) is 0 Å². The van der Waals surface area contributed by atoms with Crippen LogP contribution in [0.15, 0.2) is 23.6 Å². The summed E-state index contributed by atoms with van der Waals surface area (Å²) < 4.78 is 5.15. The smallest absolute Gasteiger partial charge is 0.329 e. The lowest BCUT2D eigenvalue weighted by Crippen LogP contribution is -2.47. The van der Waals surface area contributed by atoms with Gasteiger partial charge in [-0.15, -0.1) is 11.3 Å². The van der Waals surface area contributed by atoms with E-state index in [1.165, 1.54) is 6.07 Å². The van der Waals surface area contributed by atoms with Crippen LogP contribution in [-0.2, 0) is 23.9 Å². The zero-order valence-electron chi connectivity index (χ0n) is 17.3. The van der Waals surface area contributed by atoms with Gasteiger partial charge in [0.05, 0.1) is 17.4 Å². The SMILES string of the molecule is CC(C)C[C@@H](C(=O)OCC(=O)Nc1sccc1C(N)=O)N1C(=O)[C@H]2CC=CC[C@H]2C1=O. The quantitative estimate of drug-likeness (QED) is 0.354. The molecule has 0 bridgehead atoms. The number of esters is 1. The fourth-order valence-electron chi connectivity index (χ4n) is 3.88. The molecule has 0 aromatic carbocycles. The zero-order valence-corrected chi connectivity index (χ0v) is 18.1. The van der Waals surface area contributed by atoms with Crippen LogP contribution in [0.4, 0.5) is 5.00 Å². The van der Waals surface area contributed by atoms with Gasteiger partial charge in [0.15, 0.2) is 6.61 Å². The monoisotopic (exact) mass is 447 g/mol. The Labute approximate surface area is 183 Å². The summed E-state index contributed by atoms with van der Waals surface area (Å²) in [7, 11) is 0. The van der Waals surface area contributed by atoms with Gasteiger partial charge < -0.3 is 15.8 Å². The first kappa shape index (κ1) is 22.7. The summed E-state index contributed by atoms with van der Waals surface area (Å²) in [6, 6.07) is 0.396. The minimum absolute atomic E-state index is 0.0111. The molecule has 1 fully saturated rings. The van der Waals surface area contributed by atoms with Gasteiger partial charge >= 0.3 is 5.97 Å². The highest BCUT2D eigenvalue weighted by atomic mass is 32.1. The molecule has 31 heavy (non-hydrogen) atoms. The largest absolute Gasteiger partial charge is 0.454 e. The Morgan fingerprint density at radius 2 is 1.81 bits per heavy atom. The molecule has 0 saturated carbocycles. The number of carbonyl (C=O) groups is 5. The Kier molecular flexibility index (Phi) is 6.89. The molecule has 0 spiro atoms. The molecule has 1 saturated heterocycles. The number of hydrogen-bond donors (Lipinski definition) is 2.